The highest BCUT2D eigenvalue weighted by Crippen LogP contribution is 2.53. The van der Waals surface area contributed by atoms with Gasteiger partial charge in [-0.15, -0.1) is 0 Å². The largest absolute Gasteiger partial charge is 0.355 e. The molecule has 1 saturated carbocycles. The highest BCUT2D eigenvalue weighted by atomic mass is 19.1. The van der Waals surface area contributed by atoms with Gasteiger partial charge in [0.05, 0.1) is 24.1 Å². The number of hydrogen-bond donors (Lipinski definition) is 1. The maximum Gasteiger partial charge on any atom is 0.239 e. The van der Waals surface area contributed by atoms with Crippen molar-refractivity contribution in [3.63, 3.8) is 0 Å². The van der Waals surface area contributed by atoms with Crippen molar-refractivity contribution < 1.29 is 14.0 Å². The maximum atomic E-state index is 14.0. The van der Waals surface area contributed by atoms with Gasteiger partial charge in [-0.25, -0.2) is 9.07 Å². The fourth-order valence-electron chi connectivity index (χ4n) is 6.06. The zero-order chi connectivity index (χ0) is 26.7. The second-order valence-electron chi connectivity index (χ2n) is 10.6. The predicted octanol–water partition coefficient (Wildman–Crippen LogP) is 4.96. The lowest BCUT2D eigenvalue weighted by Gasteiger charge is -2.37. The van der Waals surface area contributed by atoms with Crippen molar-refractivity contribution in [2.24, 2.45) is 11.3 Å². The first kappa shape index (κ1) is 25.9. The van der Waals surface area contributed by atoms with Crippen molar-refractivity contribution in [2.75, 3.05) is 19.6 Å². The Kier molecular flexibility index (Phi) is 7.45. The molecule has 1 heterocycles. The number of fused-ring (bicyclic) bond motifs is 2. The van der Waals surface area contributed by atoms with Gasteiger partial charge < -0.3 is 10.2 Å². The van der Waals surface area contributed by atoms with Crippen LogP contribution in [-0.2, 0) is 22.4 Å². The summed E-state index contributed by atoms with van der Waals surface area (Å²) in [6.07, 6.45) is 8.01. The van der Waals surface area contributed by atoms with E-state index in [0.717, 1.165) is 42.6 Å². The number of benzene rings is 2. The number of amides is 2. The predicted molar refractivity (Wildman–Crippen MR) is 146 cm³/mol. The van der Waals surface area contributed by atoms with E-state index < -0.39 is 0 Å². The number of allylic oxidation sites excluding steroid dienone is 1. The molecule has 2 amide bonds. The number of rotatable bonds is 9. The molecule has 0 saturated heterocycles. The molecule has 0 unspecified atom stereocenters. The van der Waals surface area contributed by atoms with Crippen LogP contribution in [0.1, 0.15) is 49.9 Å². The molecule has 6 nitrogen and oxygen atoms in total. The summed E-state index contributed by atoms with van der Waals surface area (Å²) >= 11 is 0. The van der Waals surface area contributed by atoms with Gasteiger partial charge in [-0.3, -0.25) is 9.59 Å². The van der Waals surface area contributed by atoms with E-state index in [1.165, 1.54) is 23.3 Å². The molecule has 0 aliphatic heterocycles. The Balaban J connectivity index is 1.35. The monoisotopic (exact) mass is 514 g/mol. The van der Waals surface area contributed by atoms with Gasteiger partial charge >= 0.3 is 0 Å². The zero-order valence-electron chi connectivity index (χ0n) is 22.1. The van der Waals surface area contributed by atoms with Crippen molar-refractivity contribution in [1.82, 2.24) is 20.0 Å². The highest BCUT2D eigenvalue weighted by Gasteiger charge is 2.49. The lowest BCUT2D eigenvalue weighted by atomic mass is 9.69. The fraction of sp³-hybridized carbons (Fsp3) is 0.387. The number of aryl methyl sites for hydroxylation is 1. The minimum absolute atomic E-state index is 0.0598. The van der Waals surface area contributed by atoms with Crippen molar-refractivity contribution in [3.8, 4) is 5.69 Å². The van der Waals surface area contributed by atoms with Crippen LogP contribution in [0.2, 0.25) is 0 Å². The molecule has 2 atom stereocenters. The van der Waals surface area contributed by atoms with Crippen LogP contribution in [0.5, 0.6) is 0 Å². The highest BCUT2D eigenvalue weighted by molar-refractivity contribution is 5.87. The molecule has 3 aromatic rings. The molecule has 5 rings (SSSR count). The van der Waals surface area contributed by atoms with Crippen LogP contribution in [-0.4, -0.2) is 46.1 Å². The van der Waals surface area contributed by atoms with Gasteiger partial charge in [0, 0.05) is 24.4 Å². The van der Waals surface area contributed by atoms with E-state index in [2.05, 4.69) is 35.5 Å². The van der Waals surface area contributed by atoms with Crippen LogP contribution in [0.3, 0.4) is 0 Å². The molecule has 2 aliphatic rings. The second kappa shape index (κ2) is 10.9. The summed E-state index contributed by atoms with van der Waals surface area (Å²) in [7, 11) is 0. The third-order valence-corrected chi connectivity index (χ3v) is 8.09. The summed E-state index contributed by atoms with van der Waals surface area (Å²) < 4.78 is 15.3. The molecule has 2 aromatic carbocycles. The Morgan fingerprint density at radius 3 is 2.66 bits per heavy atom. The molecule has 0 bridgehead atoms. The SMILES string of the molecule is CCNC(=O)CN(CCCc1ccccc1)C(=O)[C@H]1CCC2=Cc3c(cnn3-c3ccc(F)cc3)C[C@@]21C. The van der Waals surface area contributed by atoms with Gasteiger partial charge in [-0.2, -0.15) is 5.10 Å². The van der Waals surface area contributed by atoms with Crippen molar-refractivity contribution in [3.05, 3.63) is 89.0 Å². The van der Waals surface area contributed by atoms with Crippen LogP contribution >= 0.6 is 0 Å². The number of carbonyl (C=O) groups is 2. The number of likely N-dealkylation sites (N-methyl/N-ethyl adjacent to an activating group) is 1. The standard InChI is InChI=1S/C31H35FN4O2/c1-3-33-29(37)21-35(17-7-10-22-8-5-4-6-9-22)30(38)27-16-11-24-18-28-23(19-31(24,27)2)20-34-36(28)26-14-12-25(32)13-15-26/h4-6,8-9,12-15,18,20,27H,3,7,10-11,16-17,19,21H2,1-2H3,(H,33,37)/t27-,31+/m1/s1. The number of halogens is 1. The lowest BCUT2D eigenvalue weighted by molar-refractivity contribution is -0.141. The molecule has 0 radical (unpaired) electrons. The van der Waals surface area contributed by atoms with Gasteiger partial charge in [0.15, 0.2) is 0 Å². The molecular formula is C31H35FN4O2. The minimum Gasteiger partial charge on any atom is -0.355 e. The second-order valence-corrected chi connectivity index (χ2v) is 10.6. The van der Waals surface area contributed by atoms with Crippen molar-refractivity contribution in [1.29, 1.82) is 0 Å². The van der Waals surface area contributed by atoms with E-state index in [1.54, 1.807) is 17.0 Å². The van der Waals surface area contributed by atoms with Gasteiger partial charge in [0.1, 0.15) is 5.82 Å². The van der Waals surface area contributed by atoms with Gasteiger partial charge in [0.25, 0.3) is 0 Å². The molecule has 1 fully saturated rings. The number of aromatic nitrogens is 2. The molecule has 198 valence electrons. The smallest absolute Gasteiger partial charge is 0.239 e. The third kappa shape index (κ3) is 5.15. The van der Waals surface area contributed by atoms with Crippen LogP contribution < -0.4 is 5.32 Å². The van der Waals surface area contributed by atoms with Gasteiger partial charge in [-0.05, 0) is 80.5 Å². The number of nitrogens with one attached hydrogen (secondary N) is 1. The first-order valence-corrected chi connectivity index (χ1v) is 13.5. The molecule has 2 aliphatic carbocycles. The molecule has 7 heteroatoms. The van der Waals surface area contributed by atoms with Crippen LogP contribution in [0, 0.1) is 17.2 Å². The van der Waals surface area contributed by atoms with E-state index in [0.29, 0.717) is 19.5 Å². The quantitative estimate of drug-likeness (QED) is 0.439. The molecule has 1 N–H and O–H groups in total. The maximum absolute atomic E-state index is 14.0. The van der Waals surface area contributed by atoms with Crippen LogP contribution in [0.15, 0.2) is 66.4 Å². The zero-order valence-corrected chi connectivity index (χ0v) is 22.1. The minimum atomic E-state index is -0.320. The first-order chi connectivity index (χ1) is 18.4. The summed E-state index contributed by atoms with van der Waals surface area (Å²) in [5, 5.41) is 7.44. The molecule has 1 aromatic heterocycles. The first-order valence-electron chi connectivity index (χ1n) is 13.5. The average Bonchev–Trinajstić information content (AvgIpc) is 3.47. The van der Waals surface area contributed by atoms with E-state index in [1.807, 2.05) is 36.0 Å². The Bertz CT molecular complexity index is 1330. The average molecular weight is 515 g/mol. The Morgan fingerprint density at radius 2 is 1.92 bits per heavy atom. The number of hydrogen-bond acceptors (Lipinski definition) is 3. The Morgan fingerprint density at radius 1 is 1.16 bits per heavy atom. The van der Waals surface area contributed by atoms with Crippen molar-refractivity contribution >= 4 is 17.9 Å². The summed E-state index contributed by atoms with van der Waals surface area (Å²) in [5.74, 6) is -0.531. The molecular weight excluding hydrogens is 479 g/mol. The Labute approximate surface area is 223 Å². The molecule has 38 heavy (non-hydrogen) atoms. The summed E-state index contributed by atoms with van der Waals surface area (Å²) in [5.41, 5.74) is 5.05. The lowest BCUT2D eigenvalue weighted by Crippen LogP contribution is -2.47. The fourth-order valence-corrected chi connectivity index (χ4v) is 6.06. The number of carbonyl (C=O) groups excluding carboxylic acids is 2. The van der Waals surface area contributed by atoms with E-state index >= 15 is 0 Å². The third-order valence-electron chi connectivity index (χ3n) is 8.09. The van der Waals surface area contributed by atoms with Crippen LogP contribution in [0.4, 0.5) is 4.39 Å². The summed E-state index contributed by atoms with van der Waals surface area (Å²) in [6.45, 7) is 5.24. The van der Waals surface area contributed by atoms with E-state index in [-0.39, 0.29) is 35.5 Å². The van der Waals surface area contributed by atoms with Gasteiger partial charge in [0.2, 0.25) is 11.8 Å². The number of nitrogens with zero attached hydrogens (tertiary/aromatic N) is 3. The summed E-state index contributed by atoms with van der Waals surface area (Å²) in [4.78, 5) is 28.3. The van der Waals surface area contributed by atoms with Crippen molar-refractivity contribution in [2.45, 2.75) is 46.0 Å². The summed E-state index contributed by atoms with van der Waals surface area (Å²) in [6, 6.07) is 16.6. The topological polar surface area (TPSA) is 67.2 Å². The normalized spacial score (nSPS) is 19.9. The van der Waals surface area contributed by atoms with Gasteiger partial charge in [-0.1, -0.05) is 42.8 Å². The molecule has 0 spiro atoms. The van der Waals surface area contributed by atoms with E-state index in [9.17, 15) is 14.0 Å². The van der Waals surface area contributed by atoms with Crippen LogP contribution in [0.25, 0.3) is 11.8 Å². The van der Waals surface area contributed by atoms with E-state index in [4.69, 9.17) is 0 Å². The Hall–Kier alpha value is -3.74.